The lowest BCUT2D eigenvalue weighted by atomic mass is 9.98. The Morgan fingerprint density at radius 1 is 0.872 bits per heavy atom. The maximum atomic E-state index is 12.8. The van der Waals surface area contributed by atoms with Gasteiger partial charge < -0.3 is 25.2 Å². The van der Waals surface area contributed by atoms with Gasteiger partial charge in [-0.15, -0.1) is 0 Å². The summed E-state index contributed by atoms with van der Waals surface area (Å²) < 4.78 is 10.9. The topological polar surface area (TPSA) is 114 Å². The summed E-state index contributed by atoms with van der Waals surface area (Å²) in [5.41, 5.74) is 4.46. The summed E-state index contributed by atoms with van der Waals surface area (Å²) >= 11 is 0. The van der Waals surface area contributed by atoms with Gasteiger partial charge in [-0.1, -0.05) is 78.9 Å². The summed E-state index contributed by atoms with van der Waals surface area (Å²) in [6, 6.07) is 24.2. The van der Waals surface area contributed by atoms with Gasteiger partial charge in [0.05, 0.1) is 6.54 Å². The van der Waals surface area contributed by atoms with Gasteiger partial charge in [0.1, 0.15) is 24.4 Å². The van der Waals surface area contributed by atoms with Crippen molar-refractivity contribution in [2.45, 2.75) is 50.9 Å². The SMILES string of the molecule is CC(C)(C)OC(=O)[C@H](Cc1ccccc1)NC(=O)[C@@H](O)CNC(=O)OCC1c2ccccc2-c2ccccc21. The summed E-state index contributed by atoms with van der Waals surface area (Å²) in [6.45, 7) is 4.94. The van der Waals surface area contributed by atoms with E-state index in [1.807, 2.05) is 78.9 Å². The summed E-state index contributed by atoms with van der Waals surface area (Å²) in [5, 5.41) is 15.4. The van der Waals surface area contributed by atoms with E-state index in [-0.39, 0.29) is 25.5 Å². The minimum atomic E-state index is -1.59. The van der Waals surface area contributed by atoms with Gasteiger partial charge in [0.2, 0.25) is 0 Å². The summed E-state index contributed by atoms with van der Waals surface area (Å²) in [5.74, 6) is -1.53. The number of amides is 2. The van der Waals surface area contributed by atoms with Gasteiger partial charge in [0, 0.05) is 12.3 Å². The molecular weight excluding hydrogens is 496 g/mol. The Balaban J connectivity index is 1.31. The van der Waals surface area contributed by atoms with Gasteiger partial charge in [0.25, 0.3) is 5.91 Å². The predicted octanol–water partition coefficient (Wildman–Crippen LogP) is 3.96. The van der Waals surface area contributed by atoms with E-state index in [0.29, 0.717) is 0 Å². The highest BCUT2D eigenvalue weighted by Crippen LogP contribution is 2.44. The number of hydrogen-bond acceptors (Lipinski definition) is 6. The fourth-order valence-electron chi connectivity index (χ4n) is 4.61. The summed E-state index contributed by atoms with van der Waals surface area (Å²) in [4.78, 5) is 37.9. The van der Waals surface area contributed by atoms with Crippen molar-refractivity contribution in [3.05, 3.63) is 95.6 Å². The zero-order chi connectivity index (χ0) is 28.0. The second-order valence-corrected chi connectivity index (χ2v) is 10.5. The molecule has 0 aliphatic heterocycles. The highest BCUT2D eigenvalue weighted by atomic mass is 16.6. The van der Waals surface area contributed by atoms with Gasteiger partial charge in [-0.3, -0.25) is 4.79 Å². The van der Waals surface area contributed by atoms with Crippen molar-refractivity contribution >= 4 is 18.0 Å². The van der Waals surface area contributed by atoms with E-state index in [9.17, 15) is 19.5 Å². The van der Waals surface area contributed by atoms with Gasteiger partial charge in [-0.25, -0.2) is 9.59 Å². The molecule has 0 spiro atoms. The number of rotatable bonds is 9. The van der Waals surface area contributed by atoms with Crippen LogP contribution in [0.15, 0.2) is 78.9 Å². The van der Waals surface area contributed by atoms with Crippen LogP contribution < -0.4 is 10.6 Å². The Hall–Kier alpha value is -4.17. The molecule has 3 aromatic carbocycles. The van der Waals surface area contributed by atoms with E-state index in [1.165, 1.54) is 0 Å². The minimum absolute atomic E-state index is 0.107. The van der Waals surface area contributed by atoms with E-state index < -0.39 is 35.7 Å². The molecule has 0 heterocycles. The molecule has 2 amide bonds. The molecule has 0 saturated carbocycles. The molecule has 3 N–H and O–H groups in total. The molecule has 0 aromatic heterocycles. The number of aliphatic hydroxyl groups is 1. The third-order valence-corrected chi connectivity index (χ3v) is 6.38. The number of fused-ring (bicyclic) bond motifs is 3. The molecule has 0 saturated heterocycles. The molecule has 0 radical (unpaired) electrons. The lowest BCUT2D eigenvalue weighted by Crippen LogP contribution is -2.51. The number of nitrogens with one attached hydrogen (secondary N) is 2. The van der Waals surface area contributed by atoms with Gasteiger partial charge in [-0.2, -0.15) is 0 Å². The third kappa shape index (κ3) is 7.23. The van der Waals surface area contributed by atoms with Crippen molar-refractivity contribution in [3.63, 3.8) is 0 Å². The minimum Gasteiger partial charge on any atom is -0.458 e. The van der Waals surface area contributed by atoms with E-state index >= 15 is 0 Å². The number of esters is 1. The zero-order valence-electron chi connectivity index (χ0n) is 22.3. The first-order valence-electron chi connectivity index (χ1n) is 13.0. The Morgan fingerprint density at radius 2 is 1.44 bits per heavy atom. The maximum Gasteiger partial charge on any atom is 0.407 e. The molecule has 3 aromatic rings. The average molecular weight is 531 g/mol. The van der Waals surface area contributed by atoms with E-state index in [0.717, 1.165) is 27.8 Å². The van der Waals surface area contributed by atoms with E-state index in [2.05, 4.69) is 10.6 Å². The molecule has 204 valence electrons. The average Bonchev–Trinajstić information content (AvgIpc) is 3.23. The van der Waals surface area contributed by atoms with Crippen LogP contribution in [0.1, 0.15) is 43.4 Å². The number of hydrogen-bond donors (Lipinski definition) is 3. The van der Waals surface area contributed by atoms with Crippen LogP contribution in [0.4, 0.5) is 4.79 Å². The lowest BCUT2D eigenvalue weighted by molar-refractivity contribution is -0.159. The Labute approximate surface area is 228 Å². The van der Waals surface area contributed by atoms with Crippen LogP contribution in [-0.2, 0) is 25.5 Å². The summed E-state index contributed by atoms with van der Waals surface area (Å²) in [7, 11) is 0. The van der Waals surface area contributed by atoms with Crippen LogP contribution in [0, 0.1) is 0 Å². The third-order valence-electron chi connectivity index (χ3n) is 6.38. The number of ether oxygens (including phenoxy) is 2. The van der Waals surface area contributed by atoms with Crippen LogP contribution in [0.3, 0.4) is 0 Å². The van der Waals surface area contributed by atoms with E-state index in [1.54, 1.807) is 20.8 Å². The molecule has 1 aliphatic carbocycles. The number of carbonyl (C=O) groups excluding carboxylic acids is 3. The van der Waals surface area contributed by atoms with Gasteiger partial charge in [0.15, 0.2) is 0 Å². The van der Waals surface area contributed by atoms with Crippen molar-refractivity contribution in [2.75, 3.05) is 13.2 Å². The normalized spacial score (nSPS) is 13.9. The molecule has 4 rings (SSSR count). The molecule has 2 atom stereocenters. The lowest BCUT2D eigenvalue weighted by Gasteiger charge is -2.25. The monoisotopic (exact) mass is 530 g/mol. The highest BCUT2D eigenvalue weighted by Gasteiger charge is 2.31. The fourth-order valence-corrected chi connectivity index (χ4v) is 4.61. The van der Waals surface area contributed by atoms with Crippen molar-refractivity contribution in [2.24, 2.45) is 0 Å². The highest BCUT2D eigenvalue weighted by molar-refractivity contribution is 5.87. The number of alkyl carbamates (subject to hydrolysis) is 1. The number of aliphatic hydroxyl groups excluding tert-OH is 1. The largest absolute Gasteiger partial charge is 0.458 e. The Bertz CT molecular complexity index is 1270. The van der Waals surface area contributed by atoms with E-state index in [4.69, 9.17) is 9.47 Å². The molecule has 0 fully saturated rings. The first kappa shape index (κ1) is 27.9. The van der Waals surface area contributed by atoms with Crippen molar-refractivity contribution in [3.8, 4) is 11.1 Å². The van der Waals surface area contributed by atoms with Gasteiger partial charge >= 0.3 is 12.1 Å². The van der Waals surface area contributed by atoms with Gasteiger partial charge in [-0.05, 0) is 48.6 Å². The fraction of sp³-hybridized carbons (Fsp3) is 0.323. The van der Waals surface area contributed by atoms with Crippen LogP contribution >= 0.6 is 0 Å². The van der Waals surface area contributed by atoms with Crippen LogP contribution in [0.25, 0.3) is 11.1 Å². The molecular formula is C31H34N2O6. The predicted molar refractivity (Wildman–Crippen MR) is 147 cm³/mol. The van der Waals surface area contributed by atoms with Crippen molar-refractivity contribution in [1.29, 1.82) is 0 Å². The number of carbonyl (C=O) groups is 3. The standard InChI is InChI=1S/C31H34N2O6/c1-31(2,3)39-29(36)26(17-20-11-5-4-6-12-20)33-28(35)27(34)18-32-30(37)38-19-25-23-15-9-7-13-21(23)22-14-8-10-16-24(22)25/h4-16,25-27,34H,17-19H2,1-3H3,(H,32,37)(H,33,35)/t26-,27-/m0/s1. The molecule has 0 unspecified atom stereocenters. The Morgan fingerprint density at radius 3 is 2.03 bits per heavy atom. The maximum absolute atomic E-state index is 12.8. The molecule has 8 nitrogen and oxygen atoms in total. The number of benzene rings is 3. The zero-order valence-corrected chi connectivity index (χ0v) is 22.3. The smallest absolute Gasteiger partial charge is 0.407 e. The van der Waals surface area contributed by atoms with Crippen LogP contribution in [0.5, 0.6) is 0 Å². The van der Waals surface area contributed by atoms with Crippen LogP contribution in [0.2, 0.25) is 0 Å². The van der Waals surface area contributed by atoms with Crippen molar-refractivity contribution < 1.29 is 29.0 Å². The first-order chi connectivity index (χ1) is 18.6. The quantitative estimate of drug-likeness (QED) is 0.361. The first-order valence-corrected chi connectivity index (χ1v) is 13.0. The molecule has 39 heavy (non-hydrogen) atoms. The molecule has 8 heteroatoms. The molecule has 0 bridgehead atoms. The van der Waals surface area contributed by atoms with Crippen molar-refractivity contribution in [1.82, 2.24) is 10.6 Å². The Kier molecular flexibility index (Phi) is 8.66. The molecule has 1 aliphatic rings. The summed E-state index contributed by atoms with van der Waals surface area (Å²) in [6.07, 6.45) is -2.16. The second-order valence-electron chi connectivity index (χ2n) is 10.5. The second kappa shape index (κ2) is 12.1. The van der Waals surface area contributed by atoms with Crippen LogP contribution in [-0.4, -0.2) is 54.0 Å².